The van der Waals surface area contributed by atoms with Crippen LogP contribution in [0.2, 0.25) is 0 Å². The van der Waals surface area contributed by atoms with E-state index in [1.807, 2.05) is 0 Å². The van der Waals surface area contributed by atoms with Gasteiger partial charge in [-0.1, -0.05) is 20.8 Å². The third-order valence-electron chi connectivity index (χ3n) is 3.76. The molecule has 1 saturated heterocycles. The minimum Gasteiger partial charge on any atom is -0.310 e. The number of hydrogen-bond donors (Lipinski definition) is 1. The van der Waals surface area contributed by atoms with Gasteiger partial charge in [0.2, 0.25) is 0 Å². The average Bonchev–Trinajstić information content (AvgIpc) is 2.98. The molecule has 0 saturated carbocycles. The Hall–Kier alpha value is -0.450. The van der Waals surface area contributed by atoms with Crippen molar-refractivity contribution in [3.05, 3.63) is 16.1 Å². The van der Waals surface area contributed by atoms with E-state index in [0.717, 1.165) is 25.7 Å². The number of likely N-dealkylation sites (tertiary alicyclic amines) is 1. The quantitative estimate of drug-likeness (QED) is 0.831. The molecule has 0 spiro atoms. The lowest BCUT2D eigenvalue weighted by Crippen LogP contribution is -2.28. The van der Waals surface area contributed by atoms with Crippen LogP contribution in [0.1, 0.15) is 50.7 Å². The molecular formula is C15H27N3S. The summed E-state index contributed by atoms with van der Waals surface area (Å²) in [6.07, 6.45) is 3.99. The second kappa shape index (κ2) is 7.36. The summed E-state index contributed by atoms with van der Waals surface area (Å²) in [5.74, 6) is 0.703. The first-order valence-corrected chi connectivity index (χ1v) is 8.45. The highest BCUT2D eigenvalue weighted by Gasteiger charge is 2.23. The predicted molar refractivity (Wildman–Crippen MR) is 82.4 cm³/mol. The fourth-order valence-corrected chi connectivity index (χ4v) is 3.50. The number of nitrogens with zero attached hydrogens (tertiary/aromatic N) is 2. The molecular weight excluding hydrogens is 254 g/mol. The Balaban J connectivity index is 1.80. The highest BCUT2D eigenvalue weighted by molar-refractivity contribution is 7.09. The molecule has 108 valence electrons. The first-order chi connectivity index (χ1) is 9.19. The Morgan fingerprint density at radius 1 is 1.53 bits per heavy atom. The van der Waals surface area contributed by atoms with Crippen molar-refractivity contribution in [3.63, 3.8) is 0 Å². The van der Waals surface area contributed by atoms with Crippen LogP contribution < -0.4 is 5.32 Å². The lowest BCUT2D eigenvalue weighted by Gasteiger charge is -2.21. The van der Waals surface area contributed by atoms with E-state index in [-0.39, 0.29) is 0 Å². The van der Waals surface area contributed by atoms with Crippen molar-refractivity contribution in [2.75, 3.05) is 13.1 Å². The van der Waals surface area contributed by atoms with E-state index in [4.69, 9.17) is 4.98 Å². The Kier molecular flexibility index (Phi) is 5.79. The molecule has 2 rings (SSSR count). The molecule has 1 atom stereocenters. The van der Waals surface area contributed by atoms with Crippen molar-refractivity contribution in [2.45, 2.75) is 59.2 Å². The molecule has 0 amide bonds. The number of rotatable bonds is 7. The van der Waals surface area contributed by atoms with Gasteiger partial charge in [-0.15, -0.1) is 11.3 Å². The summed E-state index contributed by atoms with van der Waals surface area (Å²) in [7, 11) is 0. The Morgan fingerprint density at radius 2 is 2.37 bits per heavy atom. The van der Waals surface area contributed by atoms with E-state index >= 15 is 0 Å². The Labute approximate surface area is 121 Å². The zero-order valence-corrected chi connectivity index (χ0v) is 13.3. The minimum atomic E-state index is 0.703. The van der Waals surface area contributed by atoms with E-state index in [1.54, 1.807) is 11.3 Å². The van der Waals surface area contributed by atoms with Crippen LogP contribution in [0.4, 0.5) is 0 Å². The van der Waals surface area contributed by atoms with Gasteiger partial charge in [0.25, 0.3) is 0 Å². The zero-order valence-electron chi connectivity index (χ0n) is 12.5. The van der Waals surface area contributed by atoms with Crippen molar-refractivity contribution in [1.29, 1.82) is 0 Å². The standard InChI is InChI=1S/C15H27N3S/c1-4-14-6-5-7-18(14)10-13-11-19-15(17-13)9-16-8-12(2)3/h11-12,14,16H,4-10H2,1-3H3. The smallest absolute Gasteiger partial charge is 0.107 e. The van der Waals surface area contributed by atoms with Crippen LogP contribution in [0.15, 0.2) is 5.38 Å². The van der Waals surface area contributed by atoms with Gasteiger partial charge in [0.1, 0.15) is 5.01 Å². The van der Waals surface area contributed by atoms with Crippen LogP contribution >= 0.6 is 11.3 Å². The monoisotopic (exact) mass is 281 g/mol. The number of thiazole rings is 1. The van der Waals surface area contributed by atoms with Gasteiger partial charge in [0.15, 0.2) is 0 Å². The van der Waals surface area contributed by atoms with Crippen molar-refractivity contribution in [3.8, 4) is 0 Å². The largest absolute Gasteiger partial charge is 0.310 e. The summed E-state index contributed by atoms with van der Waals surface area (Å²) >= 11 is 1.79. The molecule has 1 aliphatic rings. The molecule has 1 aromatic rings. The SMILES string of the molecule is CCC1CCCN1Cc1csc(CNCC(C)C)n1. The lowest BCUT2D eigenvalue weighted by molar-refractivity contribution is 0.237. The molecule has 1 fully saturated rings. The summed E-state index contributed by atoms with van der Waals surface area (Å²) in [6.45, 7) is 11.0. The Bertz CT molecular complexity index is 375. The second-order valence-corrected chi connectivity index (χ2v) is 6.87. The van der Waals surface area contributed by atoms with Gasteiger partial charge < -0.3 is 5.32 Å². The van der Waals surface area contributed by atoms with Crippen LogP contribution in [0.5, 0.6) is 0 Å². The summed E-state index contributed by atoms with van der Waals surface area (Å²) in [5, 5.41) is 6.92. The molecule has 1 aromatic heterocycles. The third-order valence-corrected chi connectivity index (χ3v) is 4.66. The second-order valence-electron chi connectivity index (χ2n) is 5.93. The maximum Gasteiger partial charge on any atom is 0.107 e. The molecule has 0 aliphatic carbocycles. The van der Waals surface area contributed by atoms with Gasteiger partial charge in [-0.25, -0.2) is 4.98 Å². The van der Waals surface area contributed by atoms with Gasteiger partial charge in [-0.2, -0.15) is 0 Å². The molecule has 0 bridgehead atoms. The minimum absolute atomic E-state index is 0.703. The van der Waals surface area contributed by atoms with Gasteiger partial charge in [0.05, 0.1) is 5.69 Å². The molecule has 19 heavy (non-hydrogen) atoms. The van der Waals surface area contributed by atoms with E-state index in [1.165, 1.54) is 36.5 Å². The first kappa shape index (κ1) is 14.9. The molecule has 3 nitrogen and oxygen atoms in total. The van der Waals surface area contributed by atoms with Crippen LogP contribution in [-0.4, -0.2) is 29.0 Å². The summed E-state index contributed by atoms with van der Waals surface area (Å²) in [5.41, 5.74) is 1.26. The van der Waals surface area contributed by atoms with Crippen LogP contribution in [0, 0.1) is 5.92 Å². The van der Waals surface area contributed by atoms with Crippen molar-refractivity contribution < 1.29 is 0 Å². The first-order valence-electron chi connectivity index (χ1n) is 7.57. The highest BCUT2D eigenvalue weighted by Crippen LogP contribution is 2.22. The number of nitrogens with one attached hydrogen (secondary N) is 1. The third kappa shape index (κ3) is 4.55. The molecule has 4 heteroatoms. The fraction of sp³-hybridized carbons (Fsp3) is 0.800. The molecule has 0 radical (unpaired) electrons. The molecule has 0 aromatic carbocycles. The number of hydrogen-bond acceptors (Lipinski definition) is 4. The average molecular weight is 281 g/mol. The zero-order chi connectivity index (χ0) is 13.7. The molecule has 1 N–H and O–H groups in total. The van der Waals surface area contributed by atoms with Crippen LogP contribution in [0.3, 0.4) is 0 Å². The van der Waals surface area contributed by atoms with Crippen LogP contribution in [0.25, 0.3) is 0 Å². The van der Waals surface area contributed by atoms with E-state index < -0.39 is 0 Å². The van der Waals surface area contributed by atoms with Gasteiger partial charge in [0, 0.05) is 24.5 Å². The maximum atomic E-state index is 4.75. The van der Waals surface area contributed by atoms with Crippen molar-refractivity contribution in [1.82, 2.24) is 15.2 Å². The normalized spacial score (nSPS) is 20.5. The Morgan fingerprint density at radius 3 is 3.11 bits per heavy atom. The van der Waals surface area contributed by atoms with Gasteiger partial charge in [-0.05, 0) is 38.3 Å². The van der Waals surface area contributed by atoms with Gasteiger partial charge in [-0.3, -0.25) is 4.90 Å². The van der Waals surface area contributed by atoms with Crippen molar-refractivity contribution >= 4 is 11.3 Å². The predicted octanol–water partition coefficient (Wildman–Crippen LogP) is 3.26. The summed E-state index contributed by atoms with van der Waals surface area (Å²) in [4.78, 5) is 7.35. The molecule has 2 heterocycles. The van der Waals surface area contributed by atoms with E-state index in [9.17, 15) is 0 Å². The molecule has 1 unspecified atom stereocenters. The molecule has 1 aliphatic heterocycles. The lowest BCUT2D eigenvalue weighted by atomic mass is 10.2. The van der Waals surface area contributed by atoms with Crippen molar-refractivity contribution in [2.24, 2.45) is 5.92 Å². The maximum absolute atomic E-state index is 4.75. The van der Waals surface area contributed by atoms with E-state index in [0.29, 0.717) is 5.92 Å². The topological polar surface area (TPSA) is 28.2 Å². The summed E-state index contributed by atoms with van der Waals surface area (Å²) < 4.78 is 0. The fourth-order valence-electron chi connectivity index (χ4n) is 2.74. The number of aromatic nitrogens is 1. The highest BCUT2D eigenvalue weighted by atomic mass is 32.1. The van der Waals surface area contributed by atoms with Crippen LogP contribution in [-0.2, 0) is 13.1 Å². The van der Waals surface area contributed by atoms with E-state index in [2.05, 4.69) is 36.4 Å². The van der Waals surface area contributed by atoms with Gasteiger partial charge >= 0.3 is 0 Å². The summed E-state index contributed by atoms with van der Waals surface area (Å²) in [6, 6.07) is 0.782.